The molecular weight excluding hydrogens is 436 g/mol. The van der Waals surface area contributed by atoms with Crippen molar-refractivity contribution >= 4 is 11.8 Å². The lowest BCUT2D eigenvalue weighted by atomic mass is 9.51. The molecule has 2 bridgehead atoms. The van der Waals surface area contributed by atoms with Gasteiger partial charge in [-0.3, -0.25) is 9.59 Å². The summed E-state index contributed by atoms with van der Waals surface area (Å²) in [7, 11) is 0. The molecule has 1 unspecified atom stereocenters. The summed E-state index contributed by atoms with van der Waals surface area (Å²) in [4.78, 5) is 28.0. The van der Waals surface area contributed by atoms with E-state index in [-0.39, 0.29) is 28.7 Å². The summed E-state index contributed by atoms with van der Waals surface area (Å²) in [6.45, 7) is 7.87. The summed E-state index contributed by atoms with van der Waals surface area (Å²) in [6, 6.07) is 22.4. The van der Waals surface area contributed by atoms with Crippen LogP contribution in [0.1, 0.15) is 64.6 Å². The van der Waals surface area contributed by atoms with Gasteiger partial charge < -0.3 is 15.3 Å². The minimum absolute atomic E-state index is 0.000567. The van der Waals surface area contributed by atoms with Gasteiger partial charge in [0.2, 0.25) is 0 Å². The highest BCUT2D eigenvalue weighted by Gasteiger charge is 2.57. The molecule has 1 aliphatic carbocycles. The van der Waals surface area contributed by atoms with Crippen molar-refractivity contribution in [3.8, 4) is 5.75 Å². The number of hydrogen-bond acceptors (Lipinski definition) is 3. The summed E-state index contributed by atoms with van der Waals surface area (Å²) < 4.78 is 0. The fourth-order valence-electron chi connectivity index (χ4n) is 5.97. The average molecular weight is 469 g/mol. The SMILES string of the molecule is CC1(C)C2Cc3c(O)cccc3[C@]1(C)CCN2C(=O)c1ccc(CNC(=O)c2ccccc2)cc1. The van der Waals surface area contributed by atoms with Crippen LogP contribution >= 0.6 is 0 Å². The first-order chi connectivity index (χ1) is 16.7. The number of nitrogens with zero attached hydrogens (tertiary/aromatic N) is 1. The van der Waals surface area contributed by atoms with Crippen LogP contribution in [0.15, 0.2) is 72.8 Å². The van der Waals surface area contributed by atoms with E-state index < -0.39 is 0 Å². The van der Waals surface area contributed by atoms with Gasteiger partial charge in [-0.1, -0.05) is 63.2 Å². The van der Waals surface area contributed by atoms with Gasteiger partial charge in [-0.25, -0.2) is 0 Å². The molecule has 0 aromatic heterocycles. The summed E-state index contributed by atoms with van der Waals surface area (Å²) in [5.74, 6) is 0.222. The number of amides is 2. The number of likely N-dealkylation sites (tertiary alicyclic amines) is 1. The van der Waals surface area contributed by atoms with E-state index in [1.54, 1.807) is 18.2 Å². The highest BCUT2D eigenvalue weighted by Crippen LogP contribution is 2.57. The standard InChI is InChI=1S/C30H32N2O3/c1-29(2)26-18-23-24(10-7-11-25(23)33)30(29,3)16-17-32(26)28(35)22-14-12-20(13-15-22)19-31-27(34)21-8-5-4-6-9-21/h4-15,26,33H,16-19H2,1-3H3,(H,31,34)/t26?,30-/m0/s1. The van der Waals surface area contributed by atoms with Gasteiger partial charge in [0, 0.05) is 35.7 Å². The van der Waals surface area contributed by atoms with Gasteiger partial charge in [-0.05, 0) is 65.3 Å². The Balaban J connectivity index is 1.33. The van der Waals surface area contributed by atoms with Crippen molar-refractivity contribution in [2.75, 3.05) is 6.54 Å². The number of nitrogens with one attached hydrogen (secondary N) is 1. The molecule has 5 rings (SSSR count). The van der Waals surface area contributed by atoms with Gasteiger partial charge in [-0.15, -0.1) is 0 Å². The van der Waals surface area contributed by atoms with E-state index in [4.69, 9.17) is 0 Å². The number of carbonyl (C=O) groups excluding carboxylic acids is 2. The predicted molar refractivity (Wildman–Crippen MR) is 136 cm³/mol. The lowest BCUT2D eigenvalue weighted by Gasteiger charge is -2.60. The molecule has 5 nitrogen and oxygen atoms in total. The smallest absolute Gasteiger partial charge is 0.254 e. The monoisotopic (exact) mass is 468 g/mol. The van der Waals surface area contributed by atoms with Crippen LogP contribution in [0.5, 0.6) is 5.75 Å². The quantitative estimate of drug-likeness (QED) is 0.561. The number of phenolic OH excluding ortho intramolecular Hbond substituents is 1. The van der Waals surface area contributed by atoms with E-state index in [1.165, 1.54) is 5.56 Å². The molecule has 180 valence electrons. The third-order valence-corrected chi connectivity index (χ3v) is 8.58. The van der Waals surface area contributed by atoms with E-state index >= 15 is 0 Å². The van der Waals surface area contributed by atoms with Crippen LogP contribution in [-0.4, -0.2) is 34.4 Å². The molecule has 2 atom stereocenters. The maximum atomic E-state index is 13.6. The molecule has 0 radical (unpaired) electrons. The maximum Gasteiger partial charge on any atom is 0.254 e. The third kappa shape index (κ3) is 3.79. The van der Waals surface area contributed by atoms with Crippen molar-refractivity contribution in [2.24, 2.45) is 5.41 Å². The molecule has 1 saturated heterocycles. The Kier molecular flexibility index (Phi) is 5.66. The van der Waals surface area contributed by atoms with Gasteiger partial charge in [-0.2, -0.15) is 0 Å². The topological polar surface area (TPSA) is 69.6 Å². The summed E-state index contributed by atoms with van der Waals surface area (Å²) in [6.07, 6.45) is 1.50. The van der Waals surface area contributed by atoms with Crippen LogP contribution in [0.3, 0.4) is 0 Å². The number of benzene rings is 3. The molecule has 5 heteroatoms. The van der Waals surface area contributed by atoms with E-state index in [1.807, 2.05) is 53.4 Å². The third-order valence-electron chi connectivity index (χ3n) is 8.58. The number of aromatic hydroxyl groups is 1. The molecule has 35 heavy (non-hydrogen) atoms. The van der Waals surface area contributed by atoms with Crippen LogP contribution in [0.25, 0.3) is 0 Å². The molecule has 1 fully saturated rings. The zero-order chi connectivity index (χ0) is 24.8. The molecular formula is C30H32N2O3. The minimum atomic E-state index is -0.136. The van der Waals surface area contributed by atoms with Crippen molar-refractivity contribution < 1.29 is 14.7 Å². The second-order valence-electron chi connectivity index (χ2n) is 10.6. The van der Waals surface area contributed by atoms with Gasteiger partial charge in [0.1, 0.15) is 5.75 Å². The highest BCUT2D eigenvalue weighted by molar-refractivity contribution is 5.95. The Labute approximate surface area is 206 Å². The normalized spacial score (nSPS) is 22.3. The number of hydrogen-bond donors (Lipinski definition) is 2. The predicted octanol–water partition coefficient (Wildman–Crippen LogP) is 5.08. The summed E-state index contributed by atoms with van der Waals surface area (Å²) in [5, 5.41) is 13.5. The molecule has 3 aromatic rings. The number of carbonyl (C=O) groups is 2. The van der Waals surface area contributed by atoms with Crippen LogP contribution in [0.2, 0.25) is 0 Å². The minimum Gasteiger partial charge on any atom is -0.508 e. The van der Waals surface area contributed by atoms with Crippen molar-refractivity contribution in [1.82, 2.24) is 10.2 Å². The first kappa shape index (κ1) is 23.2. The number of rotatable bonds is 4. The molecule has 0 spiro atoms. The maximum absolute atomic E-state index is 13.6. The van der Waals surface area contributed by atoms with E-state index in [9.17, 15) is 14.7 Å². The first-order valence-electron chi connectivity index (χ1n) is 12.3. The van der Waals surface area contributed by atoms with Crippen molar-refractivity contribution in [3.05, 3.63) is 101 Å². The first-order valence-corrected chi connectivity index (χ1v) is 12.3. The van der Waals surface area contributed by atoms with Gasteiger partial charge >= 0.3 is 0 Å². The fourth-order valence-corrected chi connectivity index (χ4v) is 5.97. The molecule has 2 N–H and O–H groups in total. The lowest BCUT2D eigenvalue weighted by Crippen LogP contribution is -2.64. The van der Waals surface area contributed by atoms with Crippen molar-refractivity contribution in [3.63, 3.8) is 0 Å². The lowest BCUT2D eigenvalue weighted by molar-refractivity contribution is -0.0266. The fraction of sp³-hybridized carbons (Fsp3) is 0.333. The van der Waals surface area contributed by atoms with Crippen LogP contribution < -0.4 is 5.32 Å². The number of phenols is 1. The Morgan fingerprint density at radius 2 is 1.66 bits per heavy atom. The van der Waals surface area contributed by atoms with Gasteiger partial charge in [0.15, 0.2) is 0 Å². The Morgan fingerprint density at radius 3 is 2.37 bits per heavy atom. The van der Waals surface area contributed by atoms with E-state index in [0.29, 0.717) is 36.4 Å². The zero-order valence-corrected chi connectivity index (χ0v) is 20.5. The molecule has 0 saturated carbocycles. The Bertz CT molecular complexity index is 1270. The number of piperidine rings is 1. The van der Waals surface area contributed by atoms with E-state index in [2.05, 4.69) is 32.2 Å². The summed E-state index contributed by atoms with van der Waals surface area (Å²) in [5.41, 5.74) is 4.15. The van der Waals surface area contributed by atoms with Crippen LogP contribution in [0.4, 0.5) is 0 Å². The van der Waals surface area contributed by atoms with Crippen molar-refractivity contribution in [1.29, 1.82) is 0 Å². The largest absolute Gasteiger partial charge is 0.508 e. The Hall–Kier alpha value is -3.60. The highest BCUT2D eigenvalue weighted by atomic mass is 16.3. The average Bonchev–Trinajstić information content (AvgIpc) is 2.86. The van der Waals surface area contributed by atoms with Gasteiger partial charge in [0.05, 0.1) is 0 Å². The molecule has 2 amide bonds. The number of fused-ring (bicyclic) bond motifs is 4. The second-order valence-corrected chi connectivity index (χ2v) is 10.6. The van der Waals surface area contributed by atoms with Crippen LogP contribution in [0, 0.1) is 5.41 Å². The Morgan fingerprint density at radius 1 is 0.943 bits per heavy atom. The molecule has 2 aliphatic rings. The molecule has 1 heterocycles. The van der Waals surface area contributed by atoms with E-state index in [0.717, 1.165) is 17.5 Å². The van der Waals surface area contributed by atoms with Crippen LogP contribution in [-0.2, 0) is 18.4 Å². The molecule has 3 aromatic carbocycles. The van der Waals surface area contributed by atoms with Crippen molar-refractivity contribution in [2.45, 2.75) is 51.6 Å². The second kappa shape index (κ2) is 8.56. The zero-order valence-electron chi connectivity index (χ0n) is 20.5. The molecule has 1 aliphatic heterocycles. The van der Waals surface area contributed by atoms with Gasteiger partial charge in [0.25, 0.3) is 11.8 Å². The summed E-state index contributed by atoms with van der Waals surface area (Å²) >= 11 is 0.